The first-order valence-corrected chi connectivity index (χ1v) is 4.79. The summed E-state index contributed by atoms with van der Waals surface area (Å²) in [7, 11) is 0. The van der Waals surface area contributed by atoms with Crippen molar-refractivity contribution in [2.45, 2.75) is 6.54 Å². The molecule has 0 spiro atoms. The van der Waals surface area contributed by atoms with Gasteiger partial charge in [0.1, 0.15) is 0 Å². The molecule has 0 unspecified atom stereocenters. The molecule has 2 aromatic carbocycles. The molecular weight excluding hydrogens is 172 g/mol. The molecule has 0 amide bonds. The van der Waals surface area contributed by atoms with Crippen LogP contribution in [-0.2, 0) is 6.54 Å². The van der Waals surface area contributed by atoms with Gasteiger partial charge in [-0.3, -0.25) is 0 Å². The van der Waals surface area contributed by atoms with Crippen LogP contribution in [-0.4, -0.2) is 6.67 Å². The van der Waals surface area contributed by atoms with Crippen molar-refractivity contribution < 1.29 is 0 Å². The minimum Gasteiger partial charge on any atom is -0.318 e. The minimum atomic E-state index is 0.517. The normalized spacial score (nSPS) is 10.6. The van der Waals surface area contributed by atoms with Crippen molar-refractivity contribution in [2.75, 3.05) is 6.67 Å². The fraction of sp³-hybridized carbons (Fsp3) is 0.167. The zero-order valence-corrected chi connectivity index (χ0v) is 8.03. The van der Waals surface area contributed by atoms with Gasteiger partial charge in [-0.2, -0.15) is 0 Å². The number of hydrogen-bond acceptors (Lipinski definition) is 2. The molecule has 0 fully saturated rings. The van der Waals surface area contributed by atoms with Gasteiger partial charge in [0, 0.05) is 13.2 Å². The maximum Gasteiger partial charge on any atom is 0.0431 e. The van der Waals surface area contributed by atoms with Gasteiger partial charge in [0.2, 0.25) is 0 Å². The molecule has 0 saturated carbocycles. The summed E-state index contributed by atoms with van der Waals surface area (Å²) in [5.74, 6) is 0. The Balaban J connectivity index is 2.43. The third-order valence-corrected chi connectivity index (χ3v) is 2.34. The van der Waals surface area contributed by atoms with Crippen LogP contribution in [0.4, 0.5) is 0 Å². The standard InChI is InChI=1S/C12H14N2/c13-9-14-8-11-6-3-5-10-4-1-2-7-12(10)11/h1-7,14H,8-9,13H2. The lowest BCUT2D eigenvalue weighted by atomic mass is 10.0. The second-order valence-corrected chi connectivity index (χ2v) is 3.27. The molecule has 2 rings (SSSR count). The van der Waals surface area contributed by atoms with Crippen LogP contribution < -0.4 is 11.1 Å². The number of nitrogens with two attached hydrogens (primary N) is 1. The van der Waals surface area contributed by atoms with Crippen LogP contribution in [0, 0.1) is 0 Å². The molecule has 72 valence electrons. The van der Waals surface area contributed by atoms with Crippen LogP contribution in [0.25, 0.3) is 10.8 Å². The third kappa shape index (κ3) is 1.76. The Hall–Kier alpha value is -1.38. The summed E-state index contributed by atoms with van der Waals surface area (Å²) in [4.78, 5) is 0. The van der Waals surface area contributed by atoms with Crippen LogP contribution in [0.2, 0.25) is 0 Å². The SMILES string of the molecule is NCNCc1cccc2ccccc12. The lowest BCUT2D eigenvalue weighted by molar-refractivity contribution is 0.712. The first-order chi connectivity index (χ1) is 6.92. The van der Waals surface area contributed by atoms with E-state index in [4.69, 9.17) is 5.73 Å². The fourth-order valence-corrected chi connectivity index (χ4v) is 1.65. The summed E-state index contributed by atoms with van der Waals surface area (Å²) in [5, 5.41) is 5.72. The van der Waals surface area contributed by atoms with Gasteiger partial charge < -0.3 is 11.1 Å². The molecule has 2 nitrogen and oxygen atoms in total. The van der Waals surface area contributed by atoms with Crippen LogP contribution >= 0.6 is 0 Å². The first-order valence-electron chi connectivity index (χ1n) is 4.79. The molecule has 0 bridgehead atoms. The van der Waals surface area contributed by atoms with E-state index < -0.39 is 0 Å². The Morgan fingerprint density at radius 2 is 1.79 bits per heavy atom. The smallest absolute Gasteiger partial charge is 0.0431 e. The van der Waals surface area contributed by atoms with Crippen molar-refractivity contribution in [3.8, 4) is 0 Å². The predicted octanol–water partition coefficient (Wildman–Crippen LogP) is 1.85. The van der Waals surface area contributed by atoms with E-state index in [1.54, 1.807) is 0 Å². The second kappa shape index (κ2) is 4.22. The minimum absolute atomic E-state index is 0.517. The molecule has 3 N–H and O–H groups in total. The molecule has 0 saturated heterocycles. The zero-order valence-electron chi connectivity index (χ0n) is 8.03. The van der Waals surface area contributed by atoms with Crippen molar-refractivity contribution in [1.82, 2.24) is 5.32 Å². The Kier molecular flexibility index (Phi) is 2.77. The summed E-state index contributed by atoms with van der Waals surface area (Å²) < 4.78 is 0. The molecule has 0 radical (unpaired) electrons. The summed E-state index contributed by atoms with van der Waals surface area (Å²) in [6, 6.07) is 14.7. The van der Waals surface area contributed by atoms with Gasteiger partial charge >= 0.3 is 0 Å². The molecule has 2 heteroatoms. The molecule has 0 aromatic heterocycles. The third-order valence-electron chi connectivity index (χ3n) is 2.34. The Morgan fingerprint density at radius 3 is 2.64 bits per heavy atom. The highest BCUT2D eigenvalue weighted by Crippen LogP contribution is 2.17. The van der Waals surface area contributed by atoms with Crippen molar-refractivity contribution in [3.05, 3.63) is 48.0 Å². The van der Waals surface area contributed by atoms with Gasteiger partial charge in [0.25, 0.3) is 0 Å². The van der Waals surface area contributed by atoms with Gasteiger partial charge in [0.05, 0.1) is 0 Å². The van der Waals surface area contributed by atoms with Crippen molar-refractivity contribution in [3.63, 3.8) is 0 Å². The quantitative estimate of drug-likeness (QED) is 0.718. The Labute approximate surface area is 83.7 Å². The summed E-state index contributed by atoms with van der Waals surface area (Å²) >= 11 is 0. The average molecular weight is 186 g/mol. The molecule has 14 heavy (non-hydrogen) atoms. The number of hydrogen-bond donors (Lipinski definition) is 2. The summed E-state index contributed by atoms with van der Waals surface area (Å²) in [6.45, 7) is 1.35. The van der Waals surface area contributed by atoms with Gasteiger partial charge in [-0.05, 0) is 16.3 Å². The maximum atomic E-state index is 5.41. The van der Waals surface area contributed by atoms with Gasteiger partial charge in [-0.1, -0.05) is 42.5 Å². The predicted molar refractivity (Wildman–Crippen MR) is 59.8 cm³/mol. The van der Waals surface area contributed by atoms with E-state index in [2.05, 4.69) is 47.8 Å². The number of nitrogens with one attached hydrogen (secondary N) is 1. The highest BCUT2D eigenvalue weighted by Gasteiger charge is 1.97. The molecule has 0 aliphatic rings. The van der Waals surface area contributed by atoms with Crippen LogP contribution in [0.15, 0.2) is 42.5 Å². The lowest BCUT2D eigenvalue weighted by Crippen LogP contribution is -2.21. The zero-order chi connectivity index (χ0) is 9.80. The molecular formula is C12H14N2. The van der Waals surface area contributed by atoms with E-state index in [0.29, 0.717) is 6.67 Å². The van der Waals surface area contributed by atoms with E-state index >= 15 is 0 Å². The lowest BCUT2D eigenvalue weighted by Gasteiger charge is -2.06. The molecule has 0 aliphatic carbocycles. The topological polar surface area (TPSA) is 38.0 Å². The molecule has 0 aliphatic heterocycles. The van der Waals surface area contributed by atoms with Gasteiger partial charge in [-0.25, -0.2) is 0 Å². The number of benzene rings is 2. The van der Waals surface area contributed by atoms with Crippen LogP contribution in [0.3, 0.4) is 0 Å². The largest absolute Gasteiger partial charge is 0.318 e. The maximum absolute atomic E-state index is 5.41. The monoisotopic (exact) mass is 186 g/mol. The number of fused-ring (bicyclic) bond motifs is 1. The second-order valence-electron chi connectivity index (χ2n) is 3.27. The van der Waals surface area contributed by atoms with Gasteiger partial charge in [-0.15, -0.1) is 0 Å². The highest BCUT2D eigenvalue weighted by atomic mass is 14.9. The van der Waals surface area contributed by atoms with Crippen molar-refractivity contribution in [2.24, 2.45) is 5.73 Å². The van der Waals surface area contributed by atoms with Crippen molar-refractivity contribution in [1.29, 1.82) is 0 Å². The van der Waals surface area contributed by atoms with Gasteiger partial charge in [0.15, 0.2) is 0 Å². The van der Waals surface area contributed by atoms with E-state index in [0.717, 1.165) is 6.54 Å². The fourth-order valence-electron chi connectivity index (χ4n) is 1.65. The summed E-state index contributed by atoms with van der Waals surface area (Å²) in [5.41, 5.74) is 6.71. The number of rotatable bonds is 3. The Morgan fingerprint density at radius 1 is 1.00 bits per heavy atom. The first kappa shape index (κ1) is 9.19. The van der Waals surface area contributed by atoms with E-state index in [1.807, 2.05) is 0 Å². The van der Waals surface area contributed by atoms with E-state index in [1.165, 1.54) is 16.3 Å². The molecule has 2 aromatic rings. The van der Waals surface area contributed by atoms with Crippen molar-refractivity contribution >= 4 is 10.8 Å². The summed E-state index contributed by atoms with van der Waals surface area (Å²) in [6.07, 6.45) is 0. The van der Waals surface area contributed by atoms with Crippen LogP contribution in [0.5, 0.6) is 0 Å². The highest BCUT2D eigenvalue weighted by molar-refractivity contribution is 5.85. The molecule has 0 atom stereocenters. The van der Waals surface area contributed by atoms with E-state index in [-0.39, 0.29) is 0 Å². The average Bonchev–Trinajstić information content (AvgIpc) is 2.26. The van der Waals surface area contributed by atoms with E-state index in [9.17, 15) is 0 Å². The molecule has 0 heterocycles. The Bertz CT molecular complexity index is 418. The van der Waals surface area contributed by atoms with Crippen LogP contribution in [0.1, 0.15) is 5.56 Å².